The highest BCUT2D eigenvalue weighted by molar-refractivity contribution is 6.08. The van der Waals surface area contributed by atoms with Crippen molar-refractivity contribution in [2.75, 3.05) is 0 Å². The van der Waals surface area contributed by atoms with Gasteiger partial charge in [0.2, 0.25) is 0 Å². The molecule has 8 aromatic carbocycles. The number of hydrogen-bond acceptors (Lipinski definition) is 8. The fourth-order valence-corrected chi connectivity index (χ4v) is 17.4. The summed E-state index contributed by atoms with van der Waals surface area (Å²) in [6, 6.07) is 52.5. The molecule has 0 radical (unpaired) electrons. The first kappa shape index (κ1) is 47.4. The van der Waals surface area contributed by atoms with E-state index < -0.39 is 23.7 Å². The Bertz CT molecular complexity index is 5030. The quantitative estimate of drug-likeness (QED) is 0.143. The third-order valence-corrected chi connectivity index (χ3v) is 20.5. The average molecular weight is 1070 g/mol. The maximum absolute atomic E-state index is 11.8. The zero-order chi connectivity index (χ0) is 56.5. The van der Waals surface area contributed by atoms with Crippen LogP contribution in [0.3, 0.4) is 0 Å². The van der Waals surface area contributed by atoms with Gasteiger partial charge >= 0.3 is 0 Å². The SMILES string of the molecule is N#Cc1c2c(c(C#N)c3ccccc13)C1=C3C=C4CC5=C(CC6C(=C5)CC5=CC7=C(CC5c5c6c(C#N)c6ccccc6c5C#N)c5c(c(C#N)c6ccccc6c5C#N)C5CC2=C(C=C5C7)C3)c2c(c(C#N)c3ccccc3c2C#N)C4C1. The predicted octanol–water partition coefficient (Wildman–Crippen LogP) is 16.7. The molecule has 0 fully saturated rings. The molecule has 8 aromatic rings. The Morgan fingerprint density at radius 1 is 0.250 bits per heavy atom. The van der Waals surface area contributed by atoms with E-state index in [2.05, 4.69) is 72.9 Å². The smallest absolute Gasteiger partial charge is 0.100 e. The summed E-state index contributed by atoms with van der Waals surface area (Å²) in [5.74, 6) is -1.73. The highest BCUT2D eigenvalue weighted by Gasteiger charge is 2.47. The Balaban J connectivity index is 1.08. The normalized spacial score (nSPS) is 20.5. The molecule has 384 valence electrons. The molecule has 0 aliphatic heterocycles. The maximum Gasteiger partial charge on any atom is 0.100 e. The van der Waals surface area contributed by atoms with E-state index in [9.17, 15) is 42.1 Å². The molecule has 9 aliphatic carbocycles. The number of benzene rings is 8. The van der Waals surface area contributed by atoms with E-state index in [1.54, 1.807) is 0 Å². The lowest BCUT2D eigenvalue weighted by atomic mass is 9.69. The molecular formula is C76H40N8. The van der Waals surface area contributed by atoms with Crippen LogP contribution in [0.1, 0.15) is 164 Å². The van der Waals surface area contributed by atoms with Crippen LogP contribution in [0.4, 0.5) is 0 Å². The summed E-state index contributed by atoms with van der Waals surface area (Å²) in [5.41, 5.74) is 22.2. The molecule has 0 saturated heterocycles. The number of nitriles is 8. The van der Waals surface area contributed by atoms with Crippen molar-refractivity contribution in [2.24, 2.45) is 0 Å². The summed E-state index contributed by atoms with van der Waals surface area (Å²) < 4.78 is 0. The van der Waals surface area contributed by atoms with Gasteiger partial charge in [-0.3, -0.25) is 0 Å². The van der Waals surface area contributed by atoms with E-state index in [0.717, 1.165) is 100 Å². The van der Waals surface area contributed by atoms with Gasteiger partial charge in [-0.15, -0.1) is 0 Å². The second-order valence-electron chi connectivity index (χ2n) is 23.9. The van der Waals surface area contributed by atoms with Crippen molar-refractivity contribution in [2.45, 2.75) is 75.0 Å². The molecule has 4 atom stereocenters. The van der Waals surface area contributed by atoms with Gasteiger partial charge in [0.25, 0.3) is 0 Å². The molecule has 8 bridgehead atoms. The molecule has 0 spiro atoms. The Morgan fingerprint density at radius 3 is 0.774 bits per heavy atom. The van der Waals surface area contributed by atoms with Crippen LogP contribution < -0.4 is 0 Å². The zero-order valence-electron chi connectivity index (χ0n) is 45.1. The molecule has 84 heavy (non-hydrogen) atoms. The molecule has 0 N–H and O–H groups in total. The van der Waals surface area contributed by atoms with Crippen LogP contribution in [-0.2, 0) is 0 Å². The Labute approximate surface area is 483 Å². The minimum absolute atomic E-state index is 0.376. The third-order valence-electron chi connectivity index (χ3n) is 20.5. The molecule has 0 saturated carbocycles. The van der Waals surface area contributed by atoms with E-state index in [1.165, 1.54) is 0 Å². The molecular weight excluding hydrogens is 1020 g/mol. The van der Waals surface area contributed by atoms with Crippen molar-refractivity contribution in [3.8, 4) is 48.6 Å². The molecule has 8 heteroatoms. The molecule has 8 nitrogen and oxygen atoms in total. The van der Waals surface area contributed by atoms with Crippen LogP contribution in [0, 0.1) is 90.6 Å². The fourth-order valence-electron chi connectivity index (χ4n) is 17.4. The summed E-state index contributed by atoms with van der Waals surface area (Å²) in [4.78, 5) is 0. The number of fused-ring (bicyclic) bond motifs is 16. The third kappa shape index (κ3) is 5.92. The van der Waals surface area contributed by atoms with Gasteiger partial charge in [-0.25, -0.2) is 0 Å². The molecule has 17 rings (SSSR count). The highest BCUT2D eigenvalue weighted by Crippen LogP contribution is 2.64. The van der Waals surface area contributed by atoms with Gasteiger partial charge in [-0.2, -0.15) is 42.1 Å². The second-order valence-corrected chi connectivity index (χ2v) is 23.9. The van der Waals surface area contributed by atoms with Gasteiger partial charge in [0.15, 0.2) is 0 Å². The minimum Gasteiger partial charge on any atom is -0.192 e. The largest absolute Gasteiger partial charge is 0.192 e. The van der Waals surface area contributed by atoms with E-state index in [-0.39, 0.29) is 0 Å². The first-order valence-corrected chi connectivity index (χ1v) is 28.6. The summed E-state index contributed by atoms with van der Waals surface area (Å²) in [6.45, 7) is 0. The van der Waals surface area contributed by atoms with Crippen LogP contribution in [0.15, 0.2) is 166 Å². The number of nitrogens with zero attached hydrogens (tertiary/aromatic N) is 8. The lowest BCUT2D eigenvalue weighted by Crippen LogP contribution is -2.17. The topological polar surface area (TPSA) is 190 Å². The van der Waals surface area contributed by atoms with E-state index >= 15 is 0 Å². The molecule has 4 unspecified atom stereocenters. The van der Waals surface area contributed by atoms with E-state index in [4.69, 9.17) is 0 Å². The first-order valence-electron chi connectivity index (χ1n) is 28.6. The lowest BCUT2D eigenvalue weighted by molar-refractivity contribution is 0.760. The number of hydrogen-bond donors (Lipinski definition) is 0. The van der Waals surface area contributed by atoms with Crippen molar-refractivity contribution >= 4 is 65.4 Å². The van der Waals surface area contributed by atoms with Crippen molar-refractivity contribution < 1.29 is 0 Å². The van der Waals surface area contributed by atoms with Crippen molar-refractivity contribution in [3.05, 3.63) is 255 Å². The summed E-state index contributed by atoms with van der Waals surface area (Å²) in [5, 5.41) is 99.5. The van der Waals surface area contributed by atoms with Gasteiger partial charge < -0.3 is 0 Å². The van der Waals surface area contributed by atoms with Crippen molar-refractivity contribution in [3.63, 3.8) is 0 Å². The molecule has 9 aliphatic rings. The molecule has 0 heterocycles. The van der Waals surface area contributed by atoms with E-state index in [0.29, 0.717) is 150 Å². The van der Waals surface area contributed by atoms with Gasteiger partial charge in [-0.1, -0.05) is 144 Å². The van der Waals surface area contributed by atoms with E-state index in [1.807, 2.05) is 97.1 Å². The van der Waals surface area contributed by atoms with Crippen LogP contribution in [-0.4, -0.2) is 0 Å². The minimum atomic E-state index is -0.441. The Hall–Kier alpha value is -11.4. The highest BCUT2D eigenvalue weighted by atomic mass is 14.5. The van der Waals surface area contributed by atoms with Crippen LogP contribution in [0.2, 0.25) is 0 Å². The summed E-state index contributed by atoms with van der Waals surface area (Å²) >= 11 is 0. The Morgan fingerprint density at radius 2 is 0.476 bits per heavy atom. The second kappa shape index (κ2) is 17.1. The summed E-state index contributed by atoms with van der Waals surface area (Å²) in [7, 11) is 0. The van der Waals surface area contributed by atoms with Gasteiger partial charge in [-0.05, 0) is 118 Å². The Kier molecular flexibility index (Phi) is 9.65. The average Bonchev–Trinajstić information content (AvgIpc) is 3.12. The van der Waals surface area contributed by atoms with Gasteiger partial charge in [0, 0.05) is 89.0 Å². The predicted molar refractivity (Wildman–Crippen MR) is 321 cm³/mol. The molecule has 0 amide bonds. The van der Waals surface area contributed by atoms with Crippen LogP contribution in [0.5, 0.6) is 0 Å². The van der Waals surface area contributed by atoms with Gasteiger partial charge in [0.1, 0.15) is 48.6 Å². The van der Waals surface area contributed by atoms with Crippen molar-refractivity contribution in [1.29, 1.82) is 42.1 Å². The maximum atomic E-state index is 11.8. The zero-order valence-corrected chi connectivity index (χ0v) is 45.1. The van der Waals surface area contributed by atoms with Crippen molar-refractivity contribution in [1.82, 2.24) is 0 Å². The number of rotatable bonds is 0. The summed E-state index contributed by atoms with van der Waals surface area (Å²) in [6.07, 6.45) is 12.9. The fraction of sp³-hybridized carbons (Fsp3) is 0.158. The first-order chi connectivity index (χ1) is 41.3. The van der Waals surface area contributed by atoms with Crippen LogP contribution in [0.25, 0.3) is 65.4 Å². The van der Waals surface area contributed by atoms with Gasteiger partial charge in [0.05, 0.1) is 44.5 Å². The standard InChI is InChI=1S/C76H40N8/c77-29-61-45-9-1-2-10-46(45)62(30-78)70-54-26-56-40-19-42-24-44-20-43-23-41-18-39-21-37(17-38(54)22-40)53(69(61)70)25-55(39)71-63(31-79)47-11-3-4-12-48(47)65(33-81)73(71)57(41)27-59(43)75-67(35-83)51-15-7-8-16-52(51)68(36-84)76(75)60(44)28-58(42)74-66(34-82)50-14-6-5-13-49(50)64(32-80)72(56)74/h1-16,21-24,53-54,57-58H,17-20,25-28H2. The number of allylic oxidation sites excluding steroid dienone is 16. The molecule has 0 aromatic heterocycles. The lowest BCUT2D eigenvalue weighted by Gasteiger charge is -2.32. The van der Waals surface area contributed by atoms with Crippen LogP contribution >= 0.6 is 0 Å². The monoisotopic (exact) mass is 1060 g/mol.